The van der Waals surface area contributed by atoms with Crippen LogP contribution < -0.4 is 5.32 Å². The molecule has 0 aliphatic rings. The second-order valence-electron chi connectivity index (χ2n) is 4.17. The van der Waals surface area contributed by atoms with Crippen molar-refractivity contribution >= 4 is 21.8 Å². The van der Waals surface area contributed by atoms with Crippen LogP contribution in [0.1, 0.15) is 30.1 Å². The minimum atomic E-state index is -0.0610. The van der Waals surface area contributed by atoms with E-state index >= 15 is 0 Å². The maximum absolute atomic E-state index is 11.8. The number of hydrogen-bond acceptors (Lipinski definition) is 2. The van der Waals surface area contributed by atoms with Crippen LogP contribution >= 0.6 is 15.9 Å². The summed E-state index contributed by atoms with van der Waals surface area (Å²) in [5, 5.41) is 11.7. The Morgan fingerprint density at radius 3 is 2.82 bits per heavy atom. The number of nitrogens with one attached hydrogen (secondary N) is 1. The highest BCUT2D eigenvalue weighted by molar-refractivity contribution is 9.10. The van der Waals surface area contributed by atoms with Crippen LogP contribution in [0, 0.1) is 5.92 Å². The number of amides is 1. The van der Waals surface area contributed by atoms with E-state index in [-0.39, 0.29) is 12.5 Å². The number of aliphatic hydroxyl groups excluding tert-OH is 1. The van der Waals surface area contributed by atoms with Gasteiger partial charge in [0.1, 0.15) is 0 Å². The van der Waals surface area contributed by atoms with Gasteiger partial charge in [0.25, 0.3) is 5.91 Å². The summed E-state index contributed by atoms with van der Waals surface area (Å²) in [6, 6.07) is 7.36. The van der Waals surface area contributed by atoms with Gasteiger partial charge < -0.3 is 10.4 Å². The van der Waals surface area contributed by atoms with Gasteiger partial charge in [-0.05, 0) is 46.8 Å². The number of halogens is 1. The third kappa shape index (κ3) is 4.88. The van der Waals surface area contributed by atoms with Gasteiger partial charge in [-0.15, -0.1) is 0 Å². The van der Waals surface area contributed by atoms with Gasteiger partial charge in [0, 0.05) is 17.6 Å². The Bertz CT molecular complexity index is 368. The molecular weight excluding hydrogens is 282 g/mol. The molecule has 1 atom stereocenters. The van der Waals surface area contributed by atoms with Crippen molar-refractivity contribution in [2.45, 2.75) is 19.8 Å². The fraction of sp³-hybridized carbons (Fsp3) is 0.462. The molecule has 0 saturated carbocycles. The molecule has 0 aromatic heterocycles. The number of hydrogen-bond donors (Lipinski definition) is 2. The zero-order chi connectivity index (χ0) is 12.7. The molecule has 0 aliphatic heterocycles. The molecule has 3 nitrogen and oxygen atoms in total. The third-order valence-electron chi connectivity index (χ3n) is 2.59. The van der Waals surface area contributed by atoms with E-state index in [0.717, 1.165) is 17.3 Å². The van der Waals surface area contributed by atoms with Crippen molar-refractivity contribution in [2.75, 3.05) is 13.2 Å². The maximum atomic E-state index is 11.8. The summed E-state index contributed by atoms with van der Waals surface area (Å²) in [4.78, 5) is 11.8. The Kier molecular flexibility index (Phi) is 6.22. The molecule has 1 aromatic carbocycles. The van der Waals surface area contributed by atoms with Crippen LogP contribution in [-0.4, -0.2) is 24.2 Å². The summed E-state index contributed by atoms with van der Waals surface area (Å²) >= 11 is 3.35. The number of carbonyl (C=O) groups excluding carboxylic acids is 1. The minimum absolute atomic E-state index is 0.0610. The average molecular weight is 300 g/mol. The van der Waals surface area contributed by atoms with Crippen molar-refractivity contribution in [1.29, 1.82) is 0 Å². The number of carbonyl (C=O) groups is 1. The van der Waals surface area contributed by atoms with E-state index in [2.05, 4.69) is 21.2 Å². The van der Waals surface area contributed by atoms with Crippen molar-refractivity contribution in [3.63, 3.8) is 0 Å². The molecule has 1 amide bonds. The quantitative estimate of drug-likeness (QED) is 0.793. The summed E-state index contributed by atoms with van der Waals surface area (Å²) in [5.41, 5.74) is 0.655. The van der Waals surface area contributed by atoms with E-state index < -0.39 is 0 Å². The molecule has 94 valence electrons. The van der Waals surface area contributed by atoms with Crippen molar-refractivity contribution in [2.24, 2.45) is 5.92 Å². The molecule has 0 heterocycles. The number of rotatable bonds is 6. The van der Waals surface area contributed by atoms with E-state index in [1.54, 1.807) is 6.07 Å². The minimum Gasteiger partial charge on any atom is -0.396 e. The molecule has 0 aliphatic carbocycles. The van der Waals surface area contributed by atoms with Crippen LogP contribution in [-0.2, 0) is 0 Å². The van der Waals surface area contributed by atoms with Crippen molar-refractivity contribution < 1.29 is 9.90 Å². The highest BCUT2D eigenvalue weighted by Crippen LogP contribution is 2.15. The Morgan fingerprint density at radius 2 is 2.18 bits per heavy atom. The van der Waals surface area contributed by atoms with Gasteiger partial charge in [-0.3, -0.25) is 4.79 Å². The molecule has 4 heteroatoms. The van der Waals surface area contributed by atoms with Crippen molar-refractivity contribution in [3.8, 4) is 0 Å². The SMILES string of the molecule is CC(CO)CCCNC(=O)c1ccccc1Br. The Labute approximate surface area is 110 Å². The molecule has 17 heavy (non-hydrogen) atoms. The lowest BCUT2D eigenvalue weighted by Crippen LogP contribution is -2.25. The van der Waals surface area contributed by atoms with Crippen molar-refractivity contribution in [1.82, 2.24) is 5.32 Å². The van der Waals surface area contributed by atoms with Crippen LogP contribution in [0.5, 0.6) is 0 Å². The molecule has 0 spiro atoms. The van der Waals surface area contributed by atoms with E-state index in [9.17, 15) is 4.79 Å². The molecular formula is C13H18BrNO2. The highest BCUT2D eigenvalue weighted by atomic mass is 79.9. The number of aliphatic hydroxyl groups is 1. The summed E-state index contributed by atoms with van der Waals surface area (Å²) < 4.78 is 0.807. The predicted octanol–water partition coefficient (Wildman–Crippen LogP) is 2.59. The molecule has 1 rings (SSSR count). The molecule has 0 radical (unpaired) electrons. The molecule has 1 unspecified atom stereocenters. The lowest BCUT2D eigenvalue weighted by molar-refractivity contribution is 0.0951. The first-order valence-electron chi connectivity index (χ1n) is 5.78. The zero-order valence-corrected chi connectivity index (χ0v) is 11.5. The summed E-state index contributed by atoms with van der Waals surface area (Å²) in [7, 11) is 0. The fourth-order valence-corrected chi connectivity index (χ4v) is 1.95. The van der Waals surface area contributed by atoms with Gasteiger partial charge in [-0.2, -0.15) is 0 Å². The topological polar surface area (TPSA) is 49.3 Å². The van der Waals surface area contributed by atoms with Crippen molar-refractivity contribution in [3.05, 3.63) is 34.3 Å². The van der Waals surface area contributed by atoms with Gasteiger partial charge in [0.15, 0.2) is 0 Å². The van der Waals surface area contributed by atoms with Gasteiger partial charge in [0.2, 0.25) is 0 Å². The van der Waals surface area contributed by atoms with Crippen LogP contribution in [0.3, 0.4) is 0 Å². The fourth-order valence-electron chi connectivity index (χ4n) is 1.48. The van der Waals surface area contributed by atoms with Gasteiger partial charge in [-0.1, -0.05) is 19.1 Å². The summed E-state index contributed by atoms with van der Waals surface area (Å²) in [6.45, 7) is 2.85. The van der Waals surface area contributed by atoms with E-state index in [0.29, 0.717) is 18.0 Å². The molecule has 0 fully saturated rings. The van der Waals surface area contributed by atoms with E-state index in [1.165, 1.54) is 0 Å². The predicted molar refractivity (Wildman–Crippen MR) is 72.0 cm³/mol. The van der Waals surface area contributed by atoms with E-state index in [4.69, 9.17) is 5.11 Å². The van der Waals surface area contributed by atoms with Crippen LogP contribution in [0.4, 0.5) is 0 Å². The molecule has 0 bridgehead atoms. The maximum Gasteiger partial charge on any atom is 0.252 e. The van der Waals surface area contributed by atoms with Gasteiger partial charge in [-0.25, -0.2) is 0 Å². The Hall–Kier alpha value is -0.870. The van der Waals surface area contributed by atoms with Gasteiger partial charge in [0.05, 0.1) is 5.56 Å². The first-order chi connectivity index (χ1) is 8.15. The third-order valence-corrected chi connectivity index (χ3v) is 3.28. The van der Waals surface area contributed by atoms with Crippen LogP contribution in [0.2, 0.25) is 0 Å². The van der Waals surface area contributed by atoms with E-state index in [1.807, 2.05) is 25.1 Å². The Morgan fingerprint density at radius 1 is 1.47 bits per heavy atom. The molecule has 1 aromatic rings. The molecule has 2 N–H and O–H groups in total. The molecule has 0 saturated heterocycles. The zero-order valence-electron chi connectivity index (χ0n) is 9.95. The van der Waals surface area contributed by atoms with Crippen LogP contribution in [0.25, 0.3) is 0 Å². The Balaban J connectivity index is 2.33. The summed E-state index contributed by atoms with van der Waals surface area (Å²) in [5.74, 6) is 0.240. The first kappa shape index (κ1) is 14.2. The smallest absolute Gasteiger partial charge is 0.252 e. The highest BCUT2D eigenvalue weighted by Gasteiger charge is 2.08. The monoisotopic (exact) mass is 299 g/mol. The normalized spacial score (nSPS) is 12.2. The standard InChI is InChI=1S/C13H18BrNO2/c1-10(9-16)5-4-8-15-13(17)11-6-2-3-7-12(11)14/h2-3,6-7,10,16H,4-5,8-9H2,1H3,(H,15,17). The number of benzene rings is 1. The average Bonchev–Trinajstić information content (AvgIpc) is 2.34. The largest absolute Gasteiger partial charge is 0.396 e. The van der Waals surface area contributed by atoms with Crippen LogP contribution in [0.15, 0.2) is 28.7 Å². The lowest BCUT2D eigenvalue weighted by atomic mass is 10.1. The summed E-state index contributed by atoms with van der Waals surface area (Å²) in [6.07, 6.45) is 1.81. The second kappa shape index (κ2) is 7.45. The second-order valence-corrected chi connectivity index (χ2v) is 5.02. The lowest BCUT2D eigenvalue weighted by Gasteiger charge is -2.09. The van der Waals surface area contributed by atoms with Gasteiger partial charge >= 0.3 is 0 Å². The first-order valence-corrected chi connectivity index (χ1v) is 6.58.